The van der Waals surface area contributed by atoms with E-state index in [4.69, 9.17) is 11.3 Å². The molecule has 1 atom stereocenters. The lowest BCUT2D eigenvalue weighted by Crippen LogP contribution is -2.32. The first kappa shape index (κ1) is 8.90. The molecule has 6 heteroatoms. The highest BCUT2D eigenvalue weighted by atomic mass is 16.1. The molecule has 0 aromatic heterocycles. The van der Waals surface area contributed by atoms with E-state index in [0.717, 1.165) is 0 Å². The third-order valence-corrected chi connectivity index (χ3v) is 0.761. The zero-order valence-corrected chi connectivity index (χ0v) is 5.32. The lowest BCUT2D eigenvalue weighted by atomic mass is 10.5. The van der Waals surface area contributed by atoms with Crippen molar-refractivity contribution in [3.8, 4) is 0 Å². The first-order valence-electron chi connectivity index (χ1n) is 2.70. The van der Waals surface area contributed by atoms with Crippen LogP contribution in [0.4, 0.5) is 0 Å². The molecule has 0 heterocycles. The second-order valence-corrected chi connectivity index (χ2v) is 1.47. The Morgan fingerprint density at radius 1 is 1.90 bits per heavy atom. The molecule has 3 N–H and O–H groups in total. The molecule has 0 amide bonds. The predicted molar refractivity (Wildman–Crippen MR) is 35.7 cm³/mol. The van der Waals surface area contributed by atoms with Gasteiger partial charge >= 0.3 is 0 Å². The van der Waals surface area contributed by atoms with Gasteiger partial charge in [0.25, 0.3) is 0 Å². The Hall–Kier alpha value is -1.10. The van der Waals surface area contributed by atoms with Crippen LogP contribution in [0.2, 0.25) is 0 Å². The summed E-state index contributed by atoms with van der Waals surface area (Å²) in [6, 6.07) is 0. The number of hydrogen-bond donors (Lipinski definition) is 2. The minimum absolute atomic E-state index is 0.388. The molecule has 0 aliphatic rings. The molecule has 10 heavy (non-hydrogen) atoms. The Labute approximate surface area is 58.0 Å². The van der Waals surface area contributed by atoms with Crippen LogP contribution in [0.3, 0.4) is 0 Å². The van der Waals surface area contributed by atoms with Gasteiger partial charge in [0.05, 0.1) is 0 Å². The maximum atomic E-state index is 9.91. The number of nitrogens with two attached hydrogens (primary N) is 1. The minimum Gasteiger partial charge on any atom is -0.329 e. The lowest BCUT2D eigenvalue weighted by Gasteiger charge is -2.01. The molecule has 0 aliphatic carbocycles. The number of rotatable bonds is 5. The molecule has 0 rings (SSSR count). The van der Waals surface area contributed by atoms with E-state index in [1.54, 1.807) is 0 Å². The van der Waals surface area contributed by atoms with Crippen molar-refractivity contribution in [1.82, 2.24) is 5.32 Å². The fraction of sp³-hybridized carbons (Fsp3) is 0.750. The highest BCUT2D eigenvalue weighted by Crippen LogP contribution is 1.78. The number of nitrogens with zero attached hydrogens (tertiary/aromatic N) is 3. The van der Waals surface area contributed by atoms with Gasteiger partial charge in [-0.25, -0.2) is 0 Å². The SMILES string of the molecule is [N-]=[N+]=NC([C]=O)NCCN. The summed E-state index contributed by atoms with van der Waals surface area (Å²) in [5, 5.41) is 5.62. The van der Waals surface area contributed by atoms with Crippen LogP contribution in [0.15, 0.2) is 5.11 Å². The summed E-state index contributed by atoms with van der Waals surface area (Å²) in [4.78, 5) is 12.3. The van der Waals surface area contributed by atoms with Crippen molar-refractivity contribution >= 4 is 6.29 Å². The molecule has 6 nitrogen and oxygen atoms in total. The lowest BCUT2D eigenvalue weighted by molar-refractivity contribution is 0.520. The van der Waals surface area contributed by atoms with Crippen LogP contribution in [0, 0.1) is 0 Å². The molecule has 1 unspecified atom stereocenters. The maximum absolute atomic E-state index is 9.91. The second-order valence-electron chi connectivity index (χ2n) is 1.47. The summed E-state index contributed by atoms with van der Waals surface area (Å²) >= 11 is 0. The van der Waals surface area contributed by atoms with Gasteiger partial charge in [-0.05, 0) is 5.53 Å². The van der Waals surface area contributed by atoms with Gasteiger partial charge in [0, 0.05) is 18.0 Å². The molecule has 0 aromatic carbocycles. The van der Waals surface area contributed by atoms with Crippen molar-refractivity contribution in [2.24, 2.45) is 10.8 Å². The molecule has 0 bridgehead atoms. The molecule has 0 spiro atoms. The van der Waals surface area contributed by atoms with Gasteiger partial charge in [0.2, 0.25) is 6.29 Å². The second kappa shape index (κ2) is 6.03. The topological polar surface area (TPSA) is 104 Å². The van der Waals surface area contributed by atoms with Crippen LogP contribution in [0.1, 0.15) is 0 Å². The highest BCUT2D eigenvalue weighted by Gasteiger charge is 2.00. The summed E-state index contributed by atoms with van der Waals surface area (Å²) in [7, 11) is 0. The fourth-order valence-corrected chi connectivity index (χ4v) is 0.378. The zero-order valence-electron chi connectivity index (χ0n) is 5.32. The van der Waals surface area contributed by atoms with E-state index >= 15 is 0 Å². The van der Waals surface area contributed by atoms with Gasteiger partial charge in [0.1, 0.15) is 0 Å². The van der Waals surface area contributed by atoms with E-state index in [2.05, 4.69) is 15.3 Å². The van der Waals surface area contributed by atoms with Crippen LogP contribution in [0.5, 0.6) is 0 Å². The van der Waals surface area contributed by atoms with E-state index in [0.29, 0.717) is 13.1 Å². The van der Waals surface area contributed by atoms with Crippen LogP contribution in [-0.4, -0.2) is 25.5 Å². The zero-order chi connectivity index (χ0) is 7.82. The standard InChI is InChI=1S/C4H8N5O/c5-1-2-7-4(3-10)8-9-6/h4,7H,1-2,5H2. The summed E-state index contributed by atoms with van der Waals surface area (Å²) in [6.45, 7) is 0.818. The Kier molecular flexibility index (Phi) is 5.36. The van der Waals surface area contributed by atoms with Crippen LogP contribution < -0.4 is 11.1 Å². The molecular weight excluding hydrogens is 134 g/mol. The number of carbonyl (C=O) groups excluding carboxylic acids is 1. The Morgan fingerprint density at radius 2 is 2.60 bits per heavy atom. The smallest absolute Gasteiger partial charge is 0.223 e. The van der Waals surface area contributed by atoms with Gasteiger partial charge in [-0.2, -0.15) is 0 Å². The molecule has 55 valence electrons. The van der Waals surface area contributed by atoms with E-state index < -0.39 is 6.17 Å². The summed E-state index contributed by atoms with van der Waals surface area (Å²) in [5.74, 6) is 0. The molecular formula is C4H8N5O. The van der Waals surface area contributed by atoms with Gasteiger partial charge in [-0.3, -0.25) is 4.79 Å². The van der Waals surface area contributed by atoms with Crippen molar-refractivity contribution in [3.05, 3.63) is 10.4 Å². The van der Waals surface area contributed by atoms with Gasteiger partial charge in [-0.1, -0.05) is 5.11 Å². The summed E-state index contributed by atoms with van der Waals surface area (Å²) in [6.07, 6.45) is 0.592. The van der Waals surface area contributed by atoms with Gasteiger partial charge in [-0.15, -0.1) is 0 Å². The van der Waals surface area contributed by atoms with Crippen molar-refractivity contribution < 1.29 is 4.79 Å². The van der Waals surface area contributed by atoms with Gasteiger partial charge < -0.3 is 11.1 Å². The number of hydrogen-bond acceptors (Lipinski definition) is 4. The average Bonchev–Trinajstić information content (AvgIpc) is 1.98. The quantitative estimate of drug-likeness (QED) is 0.300. The molecule has 0 aliphatic heterocycles. The van der Waals surface area contributed by atoms with Gasteiger partial charge in [0.15, 0.2) is 6.17 Å². The van der Waals surface area contributed by atoms with Crippen LogP contribution >= 0.6 is 0 Å². The monoisotopic (exact) mass is 142 g/mol. The minimum atomic E-state index is -0.909. The molecule has 0 aromatic rings. The van der Waals surface area contributed by atoms with Crippen LogP contribution in [-0.2, 0) is 4.79 Å². The van der Waals surface area contributed by atoms with Crippen molar-refractivity contribution in [2.45, 2.75) is 6.17 Å². The van der Waals surface area contributed by atoms with E-state index in [1.807, 2.05) is 0 Å². The number of nitrogens with one attached hydrogen (secondary N) is 1. The summed E-state index contributed by atoms with van der Waals surface area (Å²) in [5.41, 5.74) is 13.0. The molecule has 0 fully saturated rings. The third kappa shape index (κ3) is 3.85. The molecule has 1 radical (unpaired) electrons. The van der Waals surface area contributed by atoms with Crippen molar-refractivity contribution in [1.29, 1.82) is 0 Å². The first-order chi connectivity index (χ1) is 4.85. The largest absolute Gasteiger partial charge is 0.329 e. The molecule has 0 saturated carbocycles. The Bertz CT molecular complexity index is 141. The Balaban J connectivity index is 3.60. The van der Waals surface area contributed by atoms with Crippen molar-refractivity contribution in [3.63, 3.8) is 0 Å². The maximum Gasteiger partial charge on any atom is 0.223 e. The average molecular weight is 142 g/mol. The predicted octanol–water partition coefficient (Wildman–Crippen LogP) is -0.719. The normalized spacial score (nSPS) is 11.7. The number of azide groups is 1. The van der Waals surface area contributed by atoms with E-state index in [-0.39, 0.29) is 0 Å². The van der Waals surface area contributed by atoms with Crippen molar-refractivity contribution in [2.75, 3.05) is 13.1 Å². The first-order valence-corrected chi connectivity index (χ1v) is 2.70. The summed E-state index contributed by atoms with van der Waals surface area (Å²) < 4.78 is 0. The van der Waals surface area contributed by atoms with E-state index in [1.165, 1.54) is 6.29 Å². The highest BCUT2D eigenvalue weighted by molar-refractivity contribution is 5.57. The van der Waals surface area contributed by atoms with Crippen LogP contribution in [0.25, 0.3) is 10.4 Å². The fourth-order valence-electron chi connectivity index (χ4n) is 0.378. The third-order valence-electron chi connectivity index (χ3n) is 0.761. The Morgan fingerprint density at radius 3 is 3.00 bits per heavy atom. The van der Waals surface area contributed by atoms with E-state index in [9.17, 15) is 4.79 Å². The molecule has 0 saturated heterocycles.